The summed E-state index contributed by atoms with van der Waals surface area (Å²) in [7, 11) is 0. The van der Waals surface area contributed by atoms with Crippen LogP contribution in [0.4, 0.5) is 0 Å². The molecule has 0 aliphatic carbocycles. The van der Waals surface area contributed by atoms with Crippen molar-refractivity contribution >= 4 is 34.7 Å². The molecule has 0 aromatic heterocycles. The number of hydrogen-bond acceptors (Lipinski definition) is 3. The number of ether oxygens (including phenoxy) is 1. The average molecular weight is 422 g/mol. The van der Waals surface area contributed by atoms with Crippen LogP contribution in [0.15, 0.2) is 41.5 Å². The molecular weight excluding hydrogens is 403 g/mol. The molecule has 0 bridgehead atoms. The number of carbonyl (C=O) groups excluding carboxylic acids is 1. The van der Waals surface area contributed by atoms with Gasteiger partial charge < -0.3 is 4.74 Å². The van der Waals surface area contributed by atoms with Crippen molar-refractivity contribution in [2.24, 2.45) is 5.10 Å². The first-order valence-corrected chi connectivity index (χ1v) is 8.31. The Labute approximate surface area is 150 Å². The minimum Gasteiger partial charge on any atom is -0.483 e. The number of hydrazone groups is 1. The predicted molar refractivity (Wildman–Crippen MR) is 101 cm³/mol. The van der Waals surface area contributed by atoms with Gasteiger partial charge in [0, 0.05) is 3.57 Å². The number of nitrogens with zero attached hydrogens (tertiary/aromatic N) is 1. The summed E-state index contributed by atoms with van der Waals surface area (Å²) in [6, 6.07) is 11.9. The number of halogens is 1. The first-order valence-electron chi connectivity index (χ1n) is 7.24. The van der Waals surface area contributed by atoms with Crippen molar-refractivity contribution in [2.75, 3.05) is 6.61 Å². The lowest BCUT2D eigenvalue weighted by Gasteiger charge is -2.11. The highest BCUT2D eigenvalue weighted by Gasteiger charge is 2.08. The van der Waals surface area contributed by atoms with E-state index in [1.807, 2.05) is 57.2 Å². The fraction of sp³-hybridized carbons (Fsp3) is 0.222. The van der Waals surface area contributed by atoms with Crippen molar-refractivity contribution in [1.29, 1.82) is 0 Å². The minimum absolute atomic E-state index is 0.0620. The minimum atomic E-state index is -0.286. The van der Waals surface area contributed by atoms with E-state index in [9.17, 15) is 4.79 Å². The van der Waals surface area contributed by atoms with Crippen molar-refractivity contribution < 1.29 is 9.53 Å². The maximum atomic E-state index is 11.8. The quantitative estimate of drug-likeness (QED) is 0.454. The van der Waals surface area contributed by atoms with E-state index in [1.165, 1.54) is 5.56 Å². The number of nitrogens with one attached hydrogen (secondary N) is 1. The van der Waals surface area contributed by atoms with Crippen LogP contribution in [0, 0.1) is 24.3 Å². The molecule has 0 heterocycles. The molecule has 0 atom stereocenters. The van der Waals surface area contributed by atoms with Gasteiger partial charge in [-0.15, -0.1) is 0 Å². The van der Waals surface area contributed by atoms with Gasteiger partial charge in [-0.1, -0.05) is 29.8 Å². The highest BCUT2D eigenvalue weighted by Crippen LogP contribution is 2.25. The zero-order chi connectivity index (χ0) is 16.8. The Kier molecular flexibility index (Phi) is 6.15. The van der Waals surface area contributed by atoms with Crippen LogP contribution >= 0.6 is 22.6 Å². The van der Waals surface area contributed by atoms with Gasteiger partial charge in [0.25, 0.3) is 5.91 Å². The summed E-state index contributed by atoms with van der Waals surface area (Å²) in [6.45, 7) is 5.90. The first kappa shape index (κ1) is 17.5. The number of aryl methyl sites for hydroxylation is 3. The predicted octanol–water partition coefficient (Wildman–Crippen LogP) is 3.75. The number of hydrogen-bond donors (Lipinski definition) is 1. The van der Waals surface area contributed by atoms with Gasteiger partial charge in [-0.25, -0.2) is 5.43 Å². The molecule has 0 aliphatic heterocycles. The van der Waals surface area contributed by atoms with Gasteiger partial charge >= 0.3 is 0 Å². The lowest BCUT2D eigenvalue weighted by atomic mass is 10.1. The van der Waals surface area contributed by atoms with Gasteiger partial charge in [-0.2, -0.15) is 5.10 Å². The second kappa shape index (κ2) is 8.10. The number of carbonyl (C=O) groups is 1. The Morgan fingerprint density at radius 1 is 1.17 bits per heavy atom. The third-order valence-corrected chi connectivity index (χ3v) is 3.88. The van der Waals surface area contributed by atoms with E-state index in [0.717, 1.165) is 26.0 Å². The Hall–Kier alpha value is -1.89. The fourth-order valence-electron chi connectivity index (χ4n) is 2.13. The third kappa shape index (κ3) is 5.35. The topological polar surface area (TPSA) is 50.7 Å². The summed E-state index contributed by atoms with van der Waals surface area (Å²) in [5, 5.41) is 3.94. The van der Waals surface area contributed by atoms with Crippen LogP contribution in [0.3, 0.4) is 0 Å². The van der Waals surface area contributed by atoms with Crippen LogP contribution in [-0.2, 0) is 4.79 Å². The van der Waals surface area contributed by atoms with Gasteiger partial charge in [-0.05, 0) is 72.2 Å². The zero-order valence-electron chi connectivity index (χ0n) is 13.4. The van der Waals surface area contributed by atoms with Gasteiger partial charge in [-0.3, -0.25) is 4.79 Å². The van der Waals surface area contributed by atoms with E-state index in [0.29, 0.717) is 0 Å². The van der Waals surface area contributed by atoms with Crippen LogP contribution < -0.4 is 10.2 Å². The summed E-state index contributed by atoms with van der Waals surface area (Å²) in [6.07, 6.45) is 1.61. The molecule has 0 aliphatic rings. The maximum absolute atomic E-state index is 11.8. The van der Waals surface area contributed by atoms with Crippen LogP contribution in [0.5, 0.6) is 5.75 Å². The Bertz CT molecular complexity index is 701. The van der Waals surface area contributed by atoms with Crippen molar-refractivity contribution in [3.63, 3.8) is 0 Å². The van der Waals surface area contributed by atoms with E-state index in [1.54, 1.807) is 6.21 Å². The molecule has 2 rings (SSSR count). The summed E-state index contributed by atoms with van der Waals surface area (Å²) < 4.78 is 6.76. The second-order valence-corrected chi connectivity index (χ2v) is 6.61. The first-order chi connectivity index (χ1) is 11.0. The van der Waals surface area contributed by atoms with Gasteiger partial charge in [0.15, 0.2) is 6.61 Å². The van der Waals surface area contributed by atoms with Gasteiger partial charge in [0.05, 0.1) is 6.21 Å². The molecule has 1 N–H and O–H groups in total. The van der Waals surface area contributed by atoms with Crippen molar-refractivity contribution in [1.82, 2.24) is 5.43 Å². The molecule has 0 saturated carbocycles. The highest BCUT2D eigenvalue weighted by molar-refractivity contribution is 14.1. The van der Waals surface area contributed by atoms with E-state index in [4.69, 9.17) is 4.74 Å². The van der Waals surface area contributed by atoms with Crippen LogP contribution in [0.2, 0.25) is 0 Å². The van der Waals surface area contributed by atoms with E-state index in [2.05, 4.69) is 33.1 Å². The van der Waals surface area contributed by atoms with Gasteiger partial charge in [0.1, 0.15) is 5.75 Å². The molecule has 4 nitrogen and oxygen atoms in total. The monoisotopic (exact) mass is 422 g/mol. The zero-order valence-corrected chi connectivity index (χ0v) is 15.5. The van der Waals surface area contributed by atoms with E-state index < -0.39 is 0 Å². The molecule has 120 valence electrons. The molecule has 2 aromatic rings. The fourth-order valence-corrected chi connectivity index (χ4v) is 3.06. The van der Waals surface area contributed by atoms with Gasteiger partial charge in [0.2, 0.25) is 0 Å². The molecule has 5 heteroatoms. The Balaban J connectivity index is 1.87. The normalized spacial score (nSPS) is 10.8. The molecule has 1 amide bonds. The molecular formula is C18H19IN2O2. The lowest BCUT2D eigenvalue weighted by Crippen LogP contribution is -2.25. The van der Waals surface area contributed by atoms with Crippen LogP contribution in [-0.4, -0.2) is 18.7 Å². The van der Waals surface area contributed by atoms with Crippen LogP contribution in [0.25, 0.3) is 0 Å². The molecule has 0 unspecified atom stereocenters. The molecule has 0 saturated heterocycles. The number of benzene rings is 2. The Morgan fingerprint density at radius 3 is 2.39 bits per heavy atom. The SMILES string of the molecule is Cc1ccc(C=NNC(=O)COc2c(C)cc(I)cc2C)cc1. The molecule has 2 aromatic carbocycles. The average Bonchev–Trinajstić information content (AvgIpc) is 2.48. The van der Waals surface area contributed by atoms with Crippen molar-refractivity contribution in [3.05, 3.63) is 62.2 Å². The molecule has 0 spiro atoms. The smallest absolute Gasteiger partial charge is 0.277 e. The third-order valence-electron chi connectivity index (χ3n) is 3.25. The largest absolute Gasteiger partial charge is 0.483 e. The molecule has 0 radical (unpaired) electrons. The summed E-state index contributed by atoms with van der Waals surface area (Å²) in [5.41, 5.74) is 6.62. The van der Waals surface area contributed by atoms with Crippen LogP contribution in [0.1, 0.15) is 22.3 Å². The van der Waals surface area contributed by atoms with E-state index in [-0.39, 0.29) is 12.5 Å². The second-order valence-electron chi connectivity index (χ2n) is 5.36. The van der Waals surface area contributed by atoms with E-state index >= 15 is 0 Å². The molecule has 0 fully saturated rings. The standard InChI is InChI=1S/C18H19IN2O2/c1-12-4-6-15(7-5-12)10-20-21-17(22)11-23-18-13(2)8-16(19)9-14(18)3/h4-10H,11H2,1-3H3,(H,21,22). The number of amides is 1. The van der Waals surface area contributed by atoms with Crippen molar-refractivity contribution in [2.45, 2.75) is 20.8 Å². The summed E-state index contributed by atoms with van der Waals surface area (Å²) >= 11 is 2.26. The Morgan fingerprint density at radius 2 is 1.78 bits per heavy atom. The van der Waals surface area contributed by atoms with Crippen molar-refractivity contribution in [3.8, 4) is 5.75 Å². The lowest BCUT2D eigenvalue weighted by molar-refractivity contribution is -0.123. The number of rotatable bonds is 5. The molecule has 23 heavy (non-hydrogen) atoms. The summed E-state index contributed by atoms with van der Waals surface area (Å²) in [5.74, 6) is 0.466. The summed E-state index contributed by atoms with van der Waals surface area (Å²) in [4.78, 5) is 11.8. The maximum Gasteiger partial charge on any atom is 0.277 e. The highest BCUT2D eigenvalue weighted by atomic mass is 127.